The lowest BCUT2D eigenvalue weighted by Gasteiger charge is -2.33. The Bertz CT molecular complexity index is 712. The van der Waals surface area contributed by atoms with Gasteiger partial charge in [-0.1, -0.05) is 19.1 Å². The van der Waals surface area contributed by atoms with E-state index in [1.54, 1.807) is 18.0 Å². The van der Waals surface area contributed by atoms with Gasteiger partial charge in [0.15, 0.2) is 0 Å². The molecule has 1 aliphatic heterocycles. The summed E-state index contributed by atoms with van der Waals surface area (Å²) < 4.78 is 0. The zero-order valence-corrected chi connectivity index (χ0v) is 15.6. The first-order chi connectivity index (χ1) is 12.2. The molecule has 5 nitrogen and oxygen atoms in total. The molecular formula is C19H24N4OS. The largest absolute Gasteiger partial charge is 0.354 e. The maximum atomic E-state index is 12.6. The molecule has 2 heterocycles. The Morgan fingerprint density at radius 1 is 1.16 bits per heavy atom. The Morgan fingerprint density at radius 2 is 1.92 bits per heavy atom. The number of nitrogens with one attached hydrogen (secondary N) is 1. The molecule has 0 bridgehead atoms. The lowest BCUT2D eigenvalue weighted by atomic mass is 10.2. The average molecular weight is 356 g/mol. The number of amides is 1. The molecule has 1 saturated heterocycles. The van der Waals surface area contributed by atoms with Crippen molar-refractivity contribution in [3.63, 3.8) is 0 Å². The lowest BCUT2D eigenvalue weighted by Crippen LogP contribution is -2.44. The van der Waals surface area contributed by atoms with Crippen LogP contribution in [0.4, 0.5) is 11.5 Å². The number of carbonyl (C=O) groups is 1. The fraction of sp³-hybridized carbons (Fsp3) is 0.368. The van der Waals surface area contributed by atoms with Gasteiger partial charge >= 0.3 is 0 Å². The van der Waals surface area contributed by atoms with E-state index in [1.807, 2.05) is 36.4 Å². The van der Waals surface area contributed by atoms with Crippen LogP contribution in [0.25, 0.3) is 0 Å². The number of benzene rings is 1. The third-order valence-corrected chi connectivity index (χ3v) is 5.22. The second kappa shape index (κ2) is 8.36. The van der Waals surface area contributed by atoms with Gasteiger partial charge in [-0.15, -0.1) is 11.8 Å². The monoisotopic (exact) mass is 356 g/mol. The van der Waals surface area contributed by atoms with Crippen molar-refractivity contribution in [3.05, 3.63) is 48.2 Å². The van der Waals surface area contributed by atoms with Crippen LogP contribution < -0.4 is 10.2 Å². The summed E-state index contributed by atoms with van der Waals surface area (Å²) in [6.45, 7) is 6.14. The molecule has 0 unspecified atom stereocenters. The zero-order valence-electron chi connectivity index (χ0n) is 14.7. The number of nitrogens with zero attached hydrogens (tertiary/aromatic N) is 3. The Balaban J connectivity index is 1.66. The van der Waals surface area contributed by atoms with Crippen molar-refractivity contribution in [2.24, 2.45) is 0 Å². The molecule has 1 N–H and O–H groups in total. The van der Waals surface area contributed by atoms with Crippen molar-refractivity contribution in [2.45, 2.75) is 11.8 Å². The molecule has 25 heavy (non-hydrogen) atoms. The molecule has 0 spiro atoms. The first kappa shape index (κ1) is 17.8. The van der Waals surface area contributed by atoms with Crippen LogP contribution in [0.3, 0.4) is 0 Å². The molecule has 1 aromatic heterocycles. The molecule has 0 radical (unpaired) electrons. The quantitative estimate of drug-likeness (QED) is 0.834. The van der Waals surface area contributed by atoms with Crippen LogP contribution in [0.5, 0.6) is 0 Å². The molecule has 1 fully saturated rings. The van der Waals surface area contributed by atoms with Crippen LogP contribution in [0.1, 0.15) is 17.3 Å². The highest BCUT2D eigenvalue weighted by molar-refractivity contribution is 7.99. The summed E-state index contributed by atoms with van der Waals surface area (Å²) in [5, 5.41) is 2.95. The summed E-state index contributed by atoms with van der Waals surface area (Å²) >= 11 is 1.68. The number of carbonyl (C=O) groups excluding carboxylic acids is 1. The van der Waals surface area contributed by atoms with Crippen LogP contribution >= 0.6 is 11.8 Å². The van der Waals surface area contributed by atoms with Gasteiger partial charge in [0.2, 0.25) is 0 Å². The fourth-order valence-corrected chi connectivity index (χ4v) is 3.62. The summed E-state index contributed by atoms with van der Waals surface area (Å²) in [5.41, 5.74) is 1.43. The molecule has 0 atom stereocenters. The Hall–Kier alpha value is -2.05. The van der Waals surface area contributed by atoms with Crippen LogP contribution in [-0.4, -0.2) is 54.8 Å². The molecule has 1 amide bonds. The number of hydrogen-bond donors (Lipinski definition) is 1. The number of thioether (sulfide) groups is 1. The van der Waals surface area contributed by atoms with E-state index in [1.165, 1.54) is 0 Å². The van der Waals surface area contributed by atoms with Gasteiger partial charge in [0.05, 0.1) is 17.4 Å². The van der Waals surface area contributed by atoms with Gasteiger partial charge in [-0.25, -0.2) is 4.98 Å². The molecule has 3 rings (SSSR count). The maximum absolute atomic E-state index is 12.6. The number of rotatable bonds is 5. The van der Waals surface area contributed by atoms with E-state index in [4.69, 9.17) is 0 Å². The van der Waals surface area contributed by atoms with Crippen LogP contribution in [-0.2, 0) is 0 Å². The Morgan fingerprint density at radius 3 is 2.60 bits per heavy atom. The van der Waals surface area contributed by atoms with E-state index in [-0.39, 0.29) is 5.91 Å². The van der Waals surface area contributed by atoms with Gasteiger partial charge in [-0.05, 0) is 37.1 Å². The van der Waals surface area contributed by atoms with Crippen LogP contribution in [0, 0.1) is 0 Å². The maximum Gasteiger partial charge on any atom is 0.256 e. The lowest BCUT2D eigenvalue weighted by molar-refractivity contribution is 0.102. The molecule has 0 aliphatic carbocycles. The second-order valence-corrected chi connectivity index (χ2v) is 7.38. The average Bonchev–Trinajstić information content (AvgIpc) is 2.64. The van der Waals surface area contributed by atoms with Crippen molar-refractivity contribution in [1.82, 2.24) is 9.88 Å². The van der Waals surface area contributed by atoms with Gasteiger partial charge in [0, 0.05) is 31.1 Å². The molecule has 1 aliphatic rings. The van der Waals surface area contributed by atoms with E-state index >= 15 is 0 Å². The summed E-state index contributed by atoms with van der Waals surface area (Å²) in [4.78, 5) is 22.7. The van der Waals surface area contributed by atoms with Crippen molar-refractivity contribution in [1.29, 1.82) is 0 Å². The standard InChI is InChI=1S/C19H24N4OS/c1-3-25-17-7-5-4-6-16(17)19(24)21-15-8-9-18(20-14-15)23-12-10-22(2)11-13-23/h4-9,14H,3,10-13H2,1-2H3,(H,21,24). The molecule has 0 saturated carbocycles. The minimum Gasteiger partial charge on any atom is -0.354 e. The van der Waals surface area contributed by atoms with E-state index < -0.39 is 0 Å². The summed E-state index contributed by atoms with van der Waals surface area (Å²) in [6.07, 6.45) is 1.74. The predicted molar refractivity (Wildman–Crippen MR) is 105 cm³/mol. The number of piperazine rings is 1. The number of hydrogen-bond acceptors (Lipinski definition) is 5. The van der Waals surface area contributed by atoms with Crippen molar-refractivity contribution < 1.29 is 4.79 Å². The highest BCUT2D eigenvalue weighted by Gasteiger charge is 2.16. The molecular weight excluding hydrogens is 332 g/mol. The fourth-order valence-electron chi connectivity index (χ4n) is 2.82. The third kappa shape index (κ3) is 4.52. The predicted octanol–water partition coefficient (Wildman–Crippen LogP) is 3.20. The second-order valence-electron chi connectivity index (χ2n) is 6.08. The number of likely N-dealkylation sites (N-methyl/N-ethyl adjacent to an activating group) is 1. The highest BCUT2D eigenvalue weighted by Crippen LogP contribution is 2.23. The first-order valence-corrected chi connectivity index (χ1v) is 9.58. The Kier molecular flexibility index (Phi) is 5.94. The van der Waals surface area contributed by atoms with Crippen molar-refractivity contribution >= 4 is 29.2 Å². The van der Waals surface area contributed by atoms with Gasteiger partial charge in [0.1, 0.15) is 5.82 Å². The van der Waals surface area contributed by atoms with Gasteiger partial charge < -0.3 is 15.1 Å². The van der Waals surface area contributed by atoms with E-state index in [9.17, 15) is 4.79 Å². The molecule has 2 aromatic rings. The number of aromatic nitrogens is 1. The first-order valence-electron chi connectivity index (χ1n) is 8.60. The van der Waals surface area contributed by atoms with E-state index in [0.29, 0.717) is 5.56 Å². The smallest absolute Gasteiger partial charge is 0.256 e. The minimum atomic E-state index is -0.0919. The summed E-state index contributed by atoms with van der Waals surface area (Å²) in [5.74, 6) is 1.81. The number of anilines is 2. The molecule has 132 valence electrons. The van der Waals surface area contributed by atoms with Gasteiger partial charge in [-0.2, -0.15) is 0 Å². The zero-order chi connectivity index (χ0) is 17.6. The number of pyridine rings is 1. The highest BCUT2D eigenvalue weighted by atomic mass is 32.2. The van der Waals surface area contributed by atoms with Gasteiger partial charge in [0.25, 0.3) is 5.91 Å². The van der Waals surface area contributed by atoms with Crippen LogP contribution in [0.2, 0.25) is 0 Å². The van der Waals surface area contributed by atoms with Crippen molar-refractivity contribution in [2.75, 3.05) is 49.2 Å². The van der Waals surface area contributed by atoms with E-state index in [0.717, 1.165) is 48.3 Å². The normalized spacial score (nSPS) is 15.2. The van der Waals surface area contributed by atoms with Crippen LogP contribution in [0.15, 0.2) is 47.5 Å². The Labute approximate surface area is 153 Å². The topological polar surface area (TPSA) is 48.5 Å². The molecule has 6 heteroatoms. The molecule has 1 aromatic carbocycles. The third-order valence-electron chi connectivity index (χ3n) is 4.26. The van der Waals surface area contributed by atoms with Gasteiger partial charge in [-0.3, -0.25) is 4.79 Å². The minimum absolute atomic E-state index is 0.0919. The SMILES string of the molecule is CCSc1ccccc1C(=O)Nc1ccc(N2CCN(C)CC2)nc1. The summed E-state index contributed by atoms with van der Waals surface area (Å²) in [7, 11) is 2.14. The summed E-state index contributed by atoms with van der Waals surface area (Å²) in [6, 6.07) is 11.6. The van der Waals surface area contributed by atoms with E-state index in [2.05, 4.69) is 34.1 Å². The van der Waals surface area contributed by atoms with Crippen molar-refractivity contribution in [3.8, 4) is 0 Å².